The molecule has 3 N–H and O–H groups in total. The zero-order valence-electron chi connectivity index (χ0n) is 13.5. The zero-order chi connectivity index (χ0) is 17.0. The van der Waals surface area contributed by atoms with E-state index in [0.29, 0.717) is 17.4 Å². The molecule has 0 radical (unpaired) electrons. The molecule has 0 fully saturated rings. The quantitative estimate of drug-likeness (QED) is 0.821. The smallest absolute Gasteiger partial charge is 0.265 e. The summed E-state index contributed by atoms with van der Waals surface area (Å²) in [6, 6.07) is 11.6. The number of carbonyl (C=O) groups is 1. The first-order valence-corrected chi connectivity index (χ1v) is 7.49. The summed E-state index contributed by atoms with van der Waals surface area (Å²) in [6.07, 6.45) is -0.763. The molecule has 1 atom stereocenters. The number of nitrogen functional groups attached to an aromatic ring is 1. The van der Waals surface area contributed by atoms with Crippen LogP contribution in [0.3, 0.4) is 0 Å². The van der Waals surface area contributed by atoms with Crippen LogP contribution in [-0.4, -0.2) is 12.0 Å². The van der Waals surface area contributed by atoms with Gasteiger partial charge >= 0.3 is 0 Å². The van der Waals surface area contributed by atoms with Crippen LogP contribution in [0.1, 0.15) is 32.3 Å². The molecule has 122 valence electrons. The number of ether oxygens (including phenoxy) is 1. The maximum absolute atomic E-state index is 13.6. The largest absolute Gasteiger partial charge is 0.481 e. The van der Waals surface area contributed by atoms with E-state index in [0.717, 1.165) is 0 Å². The Hall–Kier alpha value is -2.56. The highest BCUT2D eigenvalue weighted by Crippen LogP contribution is 2.21. The standard InChI is InChI=1S/C18H21FN2O2/c1-11(2)13-4-7-15(8-5-13)23-12(3)18(22)21-17-10-14(20)6-9-16(17)19/h4-12H,20H2,1-3H3,(H,21,22). The molecule has 1 unspecified atom stereocenters. The Labute approximate surface area is 135 Å². The molecular weight excluding hydrogens is 295 g/mol. The molecular formula is C18H21FN2O2. The fourth-order valence-electron chi connectivity index (χ4n) is 2.06. The molecule has 2 aromatic carbocycles. The van der Waals surface area contributed by atoms with Crippen molar-refractivity contribution in [3.63, 3.8) is 0 Å². The number of rotatable bonds is 5. The van der Waals surface area contributed by atoms with Gasteiger partial charge in [-0.05, 0) is 48.7 Å². The van der Waals surface area contributed by atoms with Crippen LogP contribution in [0.2, 0.25) is 0 Å². The third-order valence-corrected chi connectivity index (χ3v) is 3.48. The second-order valence-electron chi connectivity index (χ2n) is 5.71. The van der Waals surface area contributed by atoms with Gasteiger partial charge < -0.3 is 15.8 Å². The Balaban J connectivity index is 2.01. The van der Waals surface area contributed by atoms with Gasteiger partial charge in [-0.2, -0.15) is 0 Å². The summed E-state index contributed by atoms with van der Waals surface area (Å²) in [5.41, 5.74) is 7.20. The van der Waals surface area contributed by atoms with Crippen molar-refractivity contribution in [1.82, 2.24) is 0 Å². The van der Waals surface area contributed by atoms with Gasteiger partial charge in [-0.3, -0.25) is 4.79 Å². The van der Waals surface area contributed by atoms with Gasteiger partial charge in [0.05, 0.1) is 5.69 Å². The topological polar surface area (TPSA) is 64.3 Å². The van der Waals surface area contributed by atoms with Crippen molar-refractivity contribution in [2.75, 3.05) is 11.1 Å². The highest BCUT2D eigenvalue weighted by Gasteiger charge is 2.16. The number of nitrogens with two attached hydrogens (primary N) is 1. The van der Waals surface area contributed by atoms with Gasteiger partial charge in [0, 0.05) is 5.69 Å². The number of hydrogen-bond donors (Lipinski definition) is 2. The molecule has 2 rings (SSSR count). The van der Waals surface area contributed by atoms with Crippen molar-refractivity contribution >= 4 is 17.3 Å². The van der Waals surface area contributed by atoms with E-state index < -0.39 is 17.8 Å². The van der Waals surface area contributed by atoms with Gasteiger partial charge in [0.1, 0.15) is 11.6 Å². The first-order chi connectivity index (χ1) is 10.9. The molecule has 0 bridgehead atoms. The minimum Gasteiger partial charge on any atom is -0.481 e. The minimum atomic E-state index is -0.763. The highest BCUT2D eigenvalue weighted by atomic mass is 19.1. The molecule has 0 aliphatic rings. The lowest BCUT2D eigenvalue weighted by Gasteiger charge is -2.16. The van der Waals surface area contributed by atoms with E-state index in [1.165, 1.54) is 23.8 Å². The molecule has 1 amide bonds. The van der Waals surface area contributed by atoms with Crippen molar-refractivity contribution in [2.24, 2.45) is 0 Å². The molecule has 4 nitrogen and oxygen atoms in total. The van der Waals surface area contributed by atoms with Crippen molar-refractivity contribution in [2.45, 2.75) is 32.8 Å². The van der Waals surface area contributed by atoms with E-state index in [9.17, 15) is 9.18 Å². The first-order valence-electron chi connectivity index (χ1n) is 7.49. The summed E-state index contributed by atoms with van der Waals surface area (Å²) in [7, 11) is 0. The van der Waals surface area contributed by atoms with E-state index in [1.807, 2.05) is 24.3 Å². The van der Waals surface area contributed by atoms with E-state index in [2.05, 4.69) is 19.2 Å². The highest BCUT2D eigenvalue weighted by molar-refractivity contribution is 5.94. The summed E-state index contributed by atoms with van der Waals surface area (Å²) in [6.45, 7) is 5.81. The minimum absolute atomic E-state index is 0.0422. The van der Waals surface area contributed by atoms with Gasteiger partial charge in [0.25, 0.3) is 5.91 Å². The van der Waals surface area contributed by atoms with E-state index in [4.69, 9.17) is 10.5 Å². The molecule has 0 aliphatic carbocycles. The summed E-state index contributed by atoms with van der Waals surface area (Å²) in [5.74, 6) is 0.0323. The van der Waals surface area contributed by atoms with Crippen LogP contribution in [0.4, 0.5) is 15.8 Å². The Morgan fingerprint density at radius 1 is 1.13 bits per heavy atom. The van der Waals surface area contributed by atoms with E-state index in [-0.39, 0.29) is 5.69 Å². The summed E-state index contributed by atoms with van der Waals surface area (Å²) in [5, 5.41) is 2.48. The number of benzene rings is 2. The number of anilines is 2. The fourth-order valence-corrected chi connectivity index (χ4v) is 2.06. The number of nitrogens with one attached hydrogen (secondary N) is 1. The molecule has 0 heterocycles. The Kier molecular flexibility index (Phi) is 5.21. The Morgan fingerprint density at radius 3 is 2.39 bits per heavy atom. The monoisotopic (exact) mass is 316 g/mol. The second kappa shape index (κ2) is 7.13. The lowest BCUT2D eigenvalue weighted by Crippen LogP contribution is -2.30. The first kappa shape index (κ1) is 16.8. The average molecular weight is 316 g/mol. The number of halogens is 1. The number of amides is 1. The molecule has 0 spiro atoms. The predicted octanol–water partition coefficient (Wildman–Crippen LogP) is 3.94. The van der Waals surface area contributed by atoms with E-state index in [1.54, 1.807) is 6.92 Å². The van der Waals surface area contributed by atoms with Crippen LogP contribution in [0, 0.1) is 5.82 Å². The van der Waals surface area contributed by atoms with Gasteiger partial charge in [-0.25, -0.2) is 4.39 Å². The summed E-state index contributed by atoms with van der Waals surface area (Å²) >= 11 is 0. The molecule has 5 heteroatoms. The molecule has 0 saturated carbocycles. The second-order valence-corrected chi connectivity index (χ2v) is 5.71. The van der Waals surface area contributed by atoms with Crippen molar-refractivity contribution in [1.29, 1.82) is 0 Å². The van der Waals surface area contributed by atoms with Crippen LogP contribution >= 0.6 is 0 Å². The molecule has 0 saturated heterocycles. The lowest BCUT2D eigenvalue weighted by molar-refractivity contribution is -0.122. The van der Waals surface area contributed by atoms with Gasteiger partial charge in [-0.1, -0.05) is 26.0 Å². The van der Waals surface area contributed by atoms with E-state index >= 15 is 0 Å². The van der Waals surface area contributed by atoms with Crippen LogP contribution in [0.25, 0.3) is 0 Å². The van der Waals surface area contributed by atoms with Crippen LogP contribution in [0.5, 0.6) is 5.75 Å². The average Bonchev–Trinajstić information content (AvgIpc) is 2.51. The van der Waals surface area contributed by atoms with Crippen LogP contribution in [-0.2, 0) is 4.79 Å². The van der Waals surface area contributed by atoms with Crippen molar-refractivity contribution in [3.8, 4) is 5.75 Å². The van der Waals surface area contributed by atoms with Gasteiger partial charge in [0.15, 0.2) is 6.10 Å². The van der Waals surface area contributed by atoms with Gasteiger partial charge in [0.2, 0.25) is 0 Å². The zero-order valence-corrected chi connectivity index (χ0v) is 13.5. The SMILES string of the molecule is CC(Oc1ccc(C(C)C)cc1)C(=O)Nc1cc(N)ccc1F. The maximum Gasteiger partial charge on any atom is 0.265 e. The number of carbonyl (C=O) groups excluding carboxylic acids is 1. The molecule has 23 heavy (non-hydrogen) atoms. The Bertz CT molecular complexity index is 684. The number of hydrogen-bond acceptors (Lipinski definition) is 3. The molecule has 0 aliphatic heterocycles. The van der Waals surface area contributed by atoms with Crippen LogP contribution in [0.15, 0.2) is 42.5 Å². The van der Waals surface area contributed by atoms with Gasteiger partial charge in [-0.15, -0.1) is 0 Å². The third kappa shape index (κ3) is 4.45. The lowest BCUT2D eigenvalue weighted by atomic mass is 10.0. The maximum atomic E-state index is 13.6. The van der Waals surface area contributed by atoms with Crippen LogP contribution < -0.4 is 15.8 Å². The molecule has 2 aromatic rings. The van der Waals surface area contributed by atoms with Crippen molar-refractivity contribution in [3.05, 3.63) is 53.8 Å². The summed E-state index contributed by atoms with van der Waals surface area (Å²) < 4.78 is 19.2. The van der Waals surface area contributed by atoms with Crippen molar-refractivity contribution < 1.29 is 13.9 Å². The predicted molar refractivity (Wildman–Crippen MR) is 90.1 cm³/mol. The molecule has 0 aromatic heterocycles. The normalized spacial score (nSPS) is 12.0. The third-order valence-electron chi connectivity index (χ3n) is 3.48. The summed E-state index contributed by atoms with van der Waals surface area (Å²) in [4.78, 5) is 12.1. The Morgan fingerprint density at radius 2 is 1.78 bits per heavy atom. The fraction of sp³-hybridized carbons (Fsp3) is 0.278.